The predicted octanol–water partition coefficient (Wildman–Crippen LogP) is 18.2. The van der Waals surface area contributed by atoms with Crippen LogP contribution in [0.25, 0.3) is 22.8 Å². The summed E-state index contributed by atoms with van der Waals surface area (Å²) in [5, 5.41) is 18.5. The van der Waals surface area contributed by atoms with Crippen LogP contribution >= 0.6 is 35.3 Å². The Morgan fingerprint density at radius 3 is 0.919 bits per heavy atom. The van der Waals surface area contributed by atoms with E-state index in [0.29, 0.717) is 104 Å². The zero-order valence-corrected chi connectivity index (χ0v) is 82.8. The van der Waals surface area contributed by atoms with Crippen LogP contribution in [0.4, 0.5) is 24.9 Å². The molecule has 4 amide bonds. The minimum atomic E-state index is -3.37. The Hall–Kier alpha value is -11.7. The molecule has 2 aromatic heterocycles. The molecule has 8 aromatic carbocycles. The van der Waals surface area contributed by atoms with Gasteiger partial charge in [0.2, 0.25) is 29.4 Å². The fourth-order valence-electron chi connectivity index (χ4n) is 11.5. The number of nitrogens with zero attached hydrogens (tertiary/aromatic N) is 5. The number of amides is 4. The van der Waals surface area contributed by atoms with Crippen LogP contribution in [0.3, 0.4) is 0 Å². The quantitative estimate of drug-likeness (QED) is 0.0107. The van der Waals surface area contributed by atoms with E-state index in [1.165, 1.54) is 24.3 Å². The van der Waals surface area contributed by atoms with E-state index in [4.69, 9.17) is 56.4 Å². The molecule has 4 fully saturated rings. The molecule has 41 heteroatoms. The first-order chi connectivity index (χ1) is 63.3. The monoisotopic (exact) mass is 1990 g/mol. The third kappa shape index (κ3) is 37.1. The van der Waals surface area contributed by atoms with Gasteiger partial charge >= 0.3 is 30.3 Å². The largest absolute Gasteiger partial charge is 0.460 e. The van der Waals surface area contributed by atoms with Gasteiger partial charge in [-0.1, -0.05) is 22.4 Å². The Balaban J connectivity index is 0.000000174. The summed E-state index contributed by atoms with van der Waals surface area (Å²) in [6, 6.07) is 53.5. The van der Waals surface area contributed by atoms with Gasteiger partial charge in [0, 0.05) is 50.6 Å². The van der Waals surface area contributed by atoms with Gasteiger partial charge in [-0.05, 0) is 298 Å². The highest BCUT2D eigenvalue weighted by Gasteiger charge is 2.35. The standard InChI is InChI=1S/C26H33N3O7S2.C23H25N3O7S.C23H25N3O6S2.C22H26O5S2/c1-25(2,3)35-23(30)28-22(29-24(31)36-26(4,5)6)27-17-7-9-18(10-8-17)34-19-11-13-21(14-12-19)38(32,33)16-20-15-37-20;1-23(2,3)32-22(27)24-12-20-25-21(26-33-20)15-4-6-16(7-5-15)31-17-8-10-19(11-9-17)34(28,29)14-18-13-30-18;1-23(2,3)31-22(27)24-12-20-25-21(26-32-20)15-4-6-16(7-5-15)30-17-8-10-19(11-9-17)34(28,29)14-18-13-33-18;1-22(2,3)27-21(23)13-6-16-4-7-17(8-5-16)26-18-9-11-20(12-10-18)29(24,25)15-19-14-28-19/h7-14,20H,15-16H2,1-6H3,(H2,27,28,29,30,31);2*4-11,18H,12-14H2,1-3H3,(H,24,27);4-5,7-12,19H,6,13-15H2,1-3H3. The molecule has 4 N–H and O–H groups in total. The Morgan fingerprint density at radius 1 is 0.370 bits per heavy atom. The zero-order valence-electron chi connectivity index (χ0n) is 77.1. The van der Waals surface area contributed by atoms with Crippen molar-refractivity contribution in [2.75, 3.05) is 46.9 Å². The zero-order chi connectivity index (χ0) is 97.9. The number of guanidine groups is 1. The van der Waals surface area contributed by atoms with E-state index in [9.17, 15) is 57.6 Å². The normalized spacial score (nSPS) is 15.6. The summed E-state index contributed by atoms with van der Waals surface area (Å²) in [4.78, 5) is 73.8. The van der Waals surface area contributed by atoms with Crippen molar-refractivity contribution >= 4 is 117 Å². The smallest absolute Gasteiger partial charge is 0.414 e. The average Bonchev–Trinajstić information content (AvgIpc) is 1.91. The Morgan fingerprint density at radius 2 is 0.637 bits per heavy atom. The average molecular weight is 1990 g/mol. The maximum atomic E-state index is 12.4. The summed E-state index contributed by atoms with van der Waals surface area (Å²) in [7, 11) is -13.2. The van der Waals surface area contributed by atoms with Crippen molar-refractivity contribution in [2.24, 2.45) is 4.99 Å². The first kappa shape index (κ1) is 104. The molecule has 0 radical (unpaired) electrons. The van der Waals surface area contributed by atoms with Crippen molar-refractivity contribution < 1.29 is 114 Å². The number of esters is 1. The maximum absolute atomic E-state index is 12.4. The van der Waals surface area contributed by atoms with Gasteiger partial charge in [-0.2, -0.15) is 45.3 Å². The summed E-state index contributed by atoms with van der Waals surface area (Å²) < 4.78 is 163. The Labute approximate surface area is 798 Å². The van der Waals surface area contributed by atoms with Crippen LogP contribution in [-0.2, 0) is 92.1 Å². The molecule has 34 nitrogen and oxygen atoms in total. The summed E-state index contributed by atoms with van der Waals surface area (Å²) in [5.41, 5.74) is -0.344. The summed E-state index contributed by atoms with van der Waals surface area (Å²) in [6.45, 7) is 27.1. The number of nitrogens with one attached hydrogen (secondary N) is 4. The second-order valence-electron chi connectivity index (χ2n) is 36.0. The lowest BCUT2D eigenvalue weighted by molar-refractivity contribution is -0.154. The first-order valence-electron chi connectivity index (χ1n) is 42.6. The molecule has 0 bridgehead atoms. The van der Waals surface area contributed by atoms with E-state index in [0.717, 1.165) is 22.8 Å². The SMILES string of the molecule is CC(C)(C)OC(=O)CCc1ccc(Oc2ccc(S(=O)(=O)CC3CS3)cc2)cc1.CC(C)(C)OC(=O)NC(=Nc1ccc(Oc2ccc(S(=O)(=O)CC3CS3)cc2)cc1)NC(=O)OC(C)(C)C.CC(C)(C)OC(=O)NCc1nc(-c2ccc(Oc3ccc(S(=O)(=O)CC4CO4)cc3)cc2)no1.CC(C)(C)OC(=O)NCc1nc(-c2ccc(Oc3ccc(S(=O)(=O)CC4CS4)cc3)cc2)no1. The van der Waals surface area contributed by atoms with Crippen molar-refractivity contribution in [1.29, 1.82) is 0 Å². The molecule has 0 spiro atoms. The number of aromatic nitrogens is 4. The Kier molecular flexibility index (Phi) is 34.5. The van der Waals surface area contributed by atoms with Gasteiger partial charge in [-0.3, -0.25) is 15.4 Å². The minimum absolute atomic E-state index is 0.0104. The summed E-state index contributed by atoms with van der Waals surface area (Å²) in [6.07, 6.45) is -2.01. The molecular weight excluding hydrogens is 1880 g/mol. The lowest BCUT2D eigenvalue weighted by atomic mass is 10.1. The van der Waals surface area contributed by atoms with Crippen molar-refractivity contribution in [2.45, 2.75) is 199 Å². The minimum Gasteiger partial charge on any atom is -0.460 e. The van der Waals surface area contributed by atoms with Crippen molar-refractivity contribution in [1.82, 2.24) is 41.5 Å². The number of hydrogen-bond acceptors (Lipinski definition) is 33. The number of carbonyl (C=O) groups excluding carboxylic acids is 5. The van der Waals surface area contributed by atoms with Gasteiger partial charge < -0.3 is 67.0 Å². The lowest BCUT2D eigenvalue weighted by Gasteiger charge is -2.22. The predicted molar refractivity (Wildman–Crippen MR) is 511 cm³/mol. The first-order valence-corrected chi connectivity index (χ1v) is 52.4. The molecule has 4 atom stereocenters. The highest BCUT2D eigenvalue weighted by atomic mass is 32.2. The molecule has 10 aromatic rings. The van der Waals surface area contributed by atoms with E-state index in [1.54, 1.807) is 264 Å². The van der Waals surface area contributed by atoms with Gasteiger partial charge in [0.1, 0.15) is 87.1 Å². The summed E-state index contributed by atoms with van der Waals surface area (Å²) >= 11 is 4.98. The molecule has 0 aliphatic carbocycles. The van der Waals surface area contributed by atoms with Crippen LogP contribution in [0.2, 0.25) is 0 Å². The maximum Gasteiger partial charge on any atom is 0.414 e. The number of alkyl carbamates (subject to hydrolysis) is 4. The second kappa shape index (κ2) is 44.8. The molecular formula is C94H109N9O25S7. The van der Waals surface area contributed by atoms with E-state index in [-0.39, 0.29) is 91.5 Å². The highest BCUT2D eigenvalue weighted by molar-refractivity contribution is 8.08. The molecule has 722 valence electrons. The van der Waals surface area contributed by atoms with Crippen LogP contribution in [0.15, 0.2) is 228 Å². The van der Waals surface area contributed by atoms with Crippen molar-refractivity contribution in [3.8, 4) is 68.8 Å². The number of aliphatic imine (C=N–C) groups is 1. The van der Waals surface area contributed by atoms with E-state index in [2.05, 4.69) is 46.5 Å². The molecule has 0 saturated carbocycles. The third-order valence-electron chi connectivity index (χ3n) is 17.9. The highest BCUT2D eigenvalue weighted by Crippen LogP contribution is 2.38. The van der Waals surface area contributed by atoms with Gasteiger partial charge in [0.15, 0.2) is 39.3 Å². The van der Waals surface area contributed by atoms with Gasteiger partial charge in [0.25, 0.3) is 0 Å². The fourth-order valence-corrected chi connectivity index (χ4v) is 21.0. The van der Waals surface area contributed by atoms with E-state index >= 15 is 0 Å². The number of carbonyl (C=O) groups is 5. The fraction of sp³-hybridized carbons (Fsp3) is 0.383. The van der Waals surface area contributed by atoms with E-state index in [1.807, 2.05) is 45.0 Å². The molecule has 4 saturated heterocycles. The van der Waals surface area contributed by atoms with Crippen LogP contribution in [-0.4, -0.2) is 187 Å². The van der Waals surface area contributed by atoms with Crippen molar-refractivity contribution in [3.05, 3.63) is 211 Å². The topological polar surface area (TPSA) is 456 Å². The van der Waals surface area contributed by atoms with Gasteiger partial charge in [-0.15, -0.1) is 0 Å². The number of benzene rings is 8. The molecule has 14 rings (SSSR count). The number of ether oxygens (including phenoxy) is 10. The molecule has 4 aliphatic rings. The van der Waals surface area contributed by atoms with Crippen LogP contribution in [0, 0.1) is 0 Å². The number of aryl methyl sites for hydroxylation is 1. The van der Waals surface area contributed by atoms with Gasteiger partial charge in [-0.25, -0.2) is 57.8 Å². The van der Waals surface area contributed by atoms with E-state index < -0.39 is 91.7 Å². The number of hydrogen-bond donors (Lipinski definition) is 4. The lowest BCUT2D eigenvalue weighted by Crippen LogP contribution is -2.47. The number of rotatable bonds is 30. The number of epoxide rings is 1. The van der Waals surface area contributed by atoms with Crippen LogP contribution < -0.4 is 40.2 Å². The van der Waals surface area contributed by atoms with Gasteiger partial charge in [0.05, 0.1) is 61.0 Å². The molecule has 4 unspecified atom stereocenters. The molecule has 6 heterocycles. The summed E-state index contributed by atoms with van der Waals surface area (Å²) in [5.74, 6) is 8.40. The number of sulfone groups is 4. The molecule has 135 heavy (non-hydrogen) atoms. The van der Waals surface area contributed by atoms with Crippen molar-refractivity contribution in [3.63, 3.8) is 0 Å². The second-order valence-corrected chi connectivity index (χ2v) is 48.1. The molecule has 4 aliphatic heterocycles. The van der Waals surface area contributed by atoms with Crippen LogP contribution in [0.5, 0.6) is 46.0 Å². The number of thioether (sulfide) groups is 3. The Bertz CT molecular complexity index is 5990. The van der Waals surface area contributed by atoms with Crippen LogP contribution in [0.1, 0.15) is 128 Å². The third-order valence-corrected chi connectivity index (χ3v) is 28.8.